The number of anilines is 1. The Kier molecular flexibility index (Phi) is 6.08. The number of carbonyl (C=O) groups excluding carboxylic acids is 2. The van der Waals surface area contributed by atoms with Crippen molar-refractivity contribution in [3.05, 3.63) is 83.2 Å². The van der Waals surface area contributed by atoms with Crippen molar-refractivity contribution < 1.29 is 9.59 Å². The molecule has 1 aliphatic carbocycles. The molecule has 0 spiro atoms. The van der Waals surface area contributed by atoms with Gasteiger partial charge in [0.05, 0.1) is 23.6 Å². The van der Waals surface area contributed by atoms with E-state index in [-0.39, 0.29) is 17.6 Å². The van der Waals surface area contributed by atoms with Gasteiger partial charge in [0, 0.05) is 28.7 Å². The molecule has 33 heavy (non-hydrogen) atoms. The summed E-state index contributed by atoms with van der Waals surface area (Å²) in [6.07, 6.45) is 10.2. The summed E-state index contributed by atoms with van der Waals surface area (Å²) in [7, 11) is 0. The minimum Gasteiger partial charge on any atom is -0.351 e. The maximum absolute atomic E-state index is 13.8. The minimum atomic E-state index is -0.844. The van der Waals surface area contributed by atoms with Gasteiger partial charge in [-0.1, -0.05) is 37.1 Å². The number of benzene rings is 1. The van der Waals surface area contributed by atoms with Crippen LogP contribution in [0.1, 0.15) is 47.1 Å². The fourth-order valence-electron chi connectivity index (χ4n) is 4.28. The zero-order valence-corrected chi connectivity index (χ0v) is 18.7. The maximum atomic E-state index is 13.8. The van der Waals surface area contributed by atoms with Crippen LogP contribution in [-0.4, -0.2) is 32.8 Å². The van der Waals surface area contributed by atoms with Crippen molar-refractivity contribution in [2.24, 2.45) is 0 Å². The third-order valence-electron chi connectivity index (χ3n) is 5.88. The Hall–Kier alpha value is -3.65. The van der Waals surface area contributed by atoms with Gasteiger partial charge < -0.3 is 5.32 Å². The molecule has 1 aromatic carbocycles. The highest BCUT2D eigenvalue weighted by atomic mass is 32.1. The number of nitrogens with one attached hydrogen (secondary N) is 1. The molecule has 0 radical (unpaired) electrons. The lowest BCUT2D eigenvalue weighted by molar-refractivity contribution is -0.123. The lowest BCUT2D eigenvalue weighted by Gasteiger charge is -2.31. The Balaban J connectivity index is 1.62. The summed E-state index contributed by atoms with van der Waals surface area (Å²) in [5, 5.41) is 5.97. The Morgan fingerprint density at radius 3 is 2.64 bits per heavy atom. The Labute approximate surface area is 195 Å². The summed E-state index contributed by atoms with van der Waals surface area (Å²) in [5.74, 6) is -0.602. The maximum Gasteiger partial charge on any atom is 0.279 e. The van der Waals surface area contributed by atoms with Crippen molar-refractivity contribution >= 4 is 39.7 Å². The number of aromatic nitrogens is 3. The molecule has 3 heterocycles. The molecular weight excluding hydrogens is 434 g/mol. The van der Waals surface area contributed by atoms with Gasteiger partial charge in [0.15, 0.2) is 6.04 Å². The topological polar surface area (TPSA) is 88.1 Å². The second kappa shape index (κ2) is 9.46. The molecule has 0 saturated heterocycles. The van der Waals surface area contributed by atoms with E-state index in [1.807, 2.05) is 47.8 Å². The monoisotopic (exact) mass is 457 g/mol. The van der Waals surface area contributed by atoms with Crippen LogP contribution < -0.4 is 10.2 Å². The second-order valence-corrected chi connectivity index (χ2v) is 9.04. The van der Waals surface area contributed by atoms with E-state index in [4.69, 9.17) is 0 Å². The number of rotatable bonds is 6. The highest BCUT2D eigenvalue weighted by molar-refractivity contribution is 7.10. The summed E-state index contributed by atoms with van der Waals surface area (Å²) < 4.78 is 0. The van der Waals surface area contributed by atoms with Gasteiger partial charge in [-0.3, -0.25) is 24.5 Å². The first-order valence-electron chi connectivity index (χ1n) is 11.0. The SMILES string of the molecule is O=C(NC1CCCC1)[C@H](c1cccs1)N(C(=O)c1cnccn1)c1cnc2ccccc2c1. The first-order valence-corrected chi connectivity index (χ1v) is 11.9. The van der Waals surface area contributed by atoms with E-state index >= 15 is 0 Å². The number of thiophene rings is 1. The van der Waals surface area contributed by atoms with E-state index in [0.29, 0.717) is 5.69 Å². The molecule has 1 fully saturated rings. The van der Waals surface area contributed by atoms with Gasteiger partial charge in [0.1, 0.15) is 5.69 Å². The lowest BCUT2D eigenvalue weighted by Crippen LogP contribution is -2.46. The zero-order valence-electron chi connectivity index (χ0n) is 17.9. The van der Waals surface area contributed by atoms with Crippen molar-refractivity contribution in [2.75, 3.05) is 4.90 Å². The number of pyridine rings is 1. The van der Waals surface area contributed by atoms with E-state index in [9.17, 15) is 9.59 Å². The molecule has 166 valence electrons. The number of para-hydroxylation sites is 1. The van der Waals surface area contributed by atoms with E-state index in [2.05, 4.69) is 20.3 Å². The Morgan fingerprint density at radius 2 is 1.88 bits per heavy atom. The second-order valence-electron chi connectivity index (χ2n) is 8.06. The van der Waals surface area contributed by atoms with Crippen molar-refractivity contribution in [1.29, 1.82) is 0 Å². The summed E-state index contributed by atoms with van der Waals surface area (Å²) in [4.78, 5) is 42.5. The summed E-state index contributed by atoms with van der Waals surface area (Å²) in [6.45, 7) is 0. The van der Waals surface area contributed by atoms with Crippen LogP contribution in [0.2, 0.25) is 0 Å². The van der Waals surface area contributed by atoms with Crippen molar-refractivity contribution in [3.63, 3.8) is 0 Å². The molecule has 0 aliphatic heterocycles. The third kappa shape index (κ3) is 4.47. The van der Waals surface area contributed by atoms with E-state index in [1.165, 1.54) is 34.8 Å². The van der Waals surface area contributed by atoms with Crippen LogP contribution >= 0.6 is 11.3 Å². The smallest absolute Gasteiger partial charge is 0.279 e. The van der Waals surface area contributed by atoms with Crippen molar-refractivity contribution in [1.82, 2.24) is 20.3 Å². The number of amides is 2. The van der Waals surface area contributed by atoms with Crippen LogP contribution in [0.5, 0.6) is 0 Å². The van der Waals surface area contributed by atoms with Crippen LogP contribution in [0.15, 0.2) is 72.6 Å². The predicted octanol–water partition coefficient (Wildman–Crippen LogP) is 4.53. The molecule has 4 aromatic rings. The average Bonchev–Trinajstić information content (AvgIpc) is 3.57. The fourth-order valence-corrected chi connectivity index (χ4v) is 5.09. The molecule has 1 N–H and O–H groups in total. The van der Waals surface area contributed by atoms with Crippen molar-refractivity contribution in [3.8, 4) is 0 Å². The van der Waals surface area contributed by atoms with Crippen LogP contribution in [0.25, 0.3) is 10.9 Å². The number of hydrogen-bond acceptors (Lipinski definition) is 6. The van der Waals surface area contributed by atoms with Gasteiger partial charge in [0.2, 0.25) is 5.91 Å². The van der Waals surface area contributed by atoms with Crippen LogP contribution in [0, 0.1) is 0 Å². The molecule has 7 nitrogen and oxygen atoms in total. The molecule has 1 aliphatic rings. The molecule has 0 bridgehead atoms. The normalized spacial score (nSPS) is 14.8. The molecule has 5 rings (SSSR count). The Bertz CT molecular complexity index is 1260. The quantitative estimate of drug-likeness (QED) is 0.459. The Morgan fingerprint density at radius 1 is 1.03 bits per heavy atom. The molecule has 8 heteroatoms. The van der Waals surface area contributed by atoms with Crippen LogP contribution in [0.4, 0.5) is 5.69 Å². The third-order valence-corrected chi connectivity index (χ3v) is 6.80. The number of fused-ring (bicyclic) bond motifs is 1. The molecule has 2 amide bonds. The molecule has 3 aromatic heterocycles. The molecular formula is C25H23N5O2S. The van der Waals surface area contributed by atoms with Crippen LogP contribution in [-0.2, 0) is 4.79 Å². The van der Waals surface area contributed by atoms with E-state index < -0.39 is 11.9 Å². The van der Waals surface area contributed by atoms with E-state index in [1.54, 1.807) is 6.20 Å². The van der Waals surface area contributed by atoms with E-state index in [0.717, 1.165) is 41.5 Å². The zero-order chi connectivity index (χ0) is 22.6. The van der Waals surface area contributed by atoms with Crippen molar-refractivity contribution in [2.45, 2.75) is 37.8 Å². The highest BCUT2D eigenvalue weighted by Gasteiger charge is 2.36. The summed E-state index contributed by atoms with van der Waals surface area (Å²) in [6, 6.07) is 12.6. The first-order chi connectivity index (χ1) is 16.2. The first kappa shape index (κ1) is 21.2. The minimum absolute atomic E-state index is 0.128. The predicted molar refractivity (Wildman–Crippen MR) is 128 cm³/mol. The number of carbonyl (C=O) groups is 2. The van der Waals surface area contributed by atoms with Gasteiger partial charge >= 0.3 is 0 Å². The number of nitrogens with zero attached hydrogens (tertiary/aromatic N) is 4. The fraction of sp³-hybridized carbons (Fsp3) is 0.240. The van der Waals surface area contributed by atoms with Gasteiger partial charge in [-0.05, 0) is 36.4 Å². The van der Waals surface area contributed by atoms with Gasteiger partial charge in [0.25, 0.3) is 5.91 Å². The summed E-state index contributed by atoms with van der Waals surface area (Å²) in [5.41, 5.74) is 1.52. The highest BCUT2D eigenvalue weighted by Crippen LogP contribution is 2.33. The standard InChI is InChI=1S/C25H23N5O2S/c31-24(29-18-7-2-3-8-18)23(22-10-5-13-33-22)30(25(32)21-16-26-11-12-27-21)19-14-17-6-1-4-9-20(17)28-15-19/h1,4-6,9-16,18,23H,2-3,7-8H2,(H,29,31)/t23-/m0/s1. The molecule has 1 saturated carbocycles. The molecule has 0 unspecified atom stereocenters. The molecule has 1 atom stereocenters. The average molecular weight is 458 g/mol. The van der Waals surface area contributed by atoms with Gasteiger partial charge in [-0.25, -0.2) is 4.98 Å². The van der Waals surface area contributed by atoms with Crippen LogP contribution in [0.3, 0.4) is 0 Å². The summed E-state index contributed by atoms with van der Waals surface area (Å²) >= 11 is 1.45. The largest absolute Gasteiger partial charge is 0.351 e. The van der Waals surface area contributed by atoms with Gasteiger partial charge in [-0.2, -0.15) is 0 Å². The number of hydrogen-bond donors (Lipinski definition) is 1. The lowest BCUT2D eigenvalue weighted by atomic mass is 10.1. The van der Waals surface area contributed by atoms with Gasteiger partial charge in [-0.15, -0.1) is 11.3 Å².